The average molecular weight is 393 g/mol. The summed E-state index contributed by atoms with van der Waals surface area (Å²) in [4.78, 5) is 6.42. The average Bonchev–Trinajstić information content (AvgIpc) is 3.13. The van der Waals surface area contributed by atoms with Gasteiger partial charge in [0.2, 0.25) is 0 Å². The molecule has 2 aromatic heterocycles. The molecule has 6 nitrogen and oxygen atoms in total. The molecule has 1 aliphatic heterocycles. The lowest BCUT2D eigenvalue weighted by Crippen LogP contribution is -3.14. The first-order chi connectivity index (χ1) is 14.2. The predicted molar refractivity (Wildman–Crippen MR) is 116 cm³/mol. The largest absolute Gasteiger partial charge is 0.371 e. The number of hydrogen-bond donors (Lipinski definition) is 2. The van der Waals surface area contributed by atoms with Crippen LogP contribution >= 0.6 is 0 Å². The minimum atomic E-state index is 0.688. The Bertz CT molecular complexity index is 1040. The summed E-state index contributed by atoms with van der Waals surface area (Å²) in [5.74, 6) is 1.10. The third-order valence-corrected chi connectivity index (χ3v) is 5.93. The number of anilines is 1. The number of imidazole rings is 1. The van der Waals surface area contributed by atoms with E-state index in [4.69, 9.17) is 9.72 Å². The summed E-state index contributed by atoms with van der Waals surface area (Å²) in [7, 11) is 0. The Morgan fingerprint density at radius 3 is 2.83 bits per heavy atom. The van der Waals surface area contributed by atoms with Crippen molar-refractivity contribution in [1.29, 1.82) is 5.26 Å². The number of rotatable bonds is 7. The van der Waals surface area contributed by atoms with Crippen LogP contribution in [-0.4, -0.2) is 48.8 Å². The van der Waals surface area contributed by atoms with Gasteiger partial charge in [-0.1, -0.05) is 25.5 Å². The van der Waals surface area contributed by atoms with Crippen LogP contribution in [0.15, 0.2) is 24.3 Å². The Hall–Kier alpha value is -2.62. The van der Waals surface area contributed by atoms with Gasteiger partial charge in [0.25, 0.3) is 0 Å². The number of para-hydroxylation sites is 2. The zero-order valence-corrected chi connectivity index (χ0v) is 17.4. The van der Waals surface area contributed by atoms with Crippen LogP contribution in [-0.2, 0) is 11.2 Å². The number of hydrogen-bond acceptors (Lipinski definition) is 4. The molecule has 0 radical (unpaired) electrons. The second kappa shape index (κ2) is 8.81. The standard InChI is InChI=1S/C23H29N5O/c1-3-7-18-17(2)19(16-24)23-26-20-8-4-5-9-21(20)28(23)22(18)25-10-6-11-27-12-14-29-15-13-27/h4-5,8-9,25H,3,6-7,10-15H2,1-2H3/p+1. The Kier molecular flexibility index (Phi) is 5.98. The lowest BCUT2D eigenvalue weighted by atomic mass is 10.0. The van der Waals surface area contributed by atoms with Gasteiger partial charge in [-0.2, -0.15) is 5.26 Å². The number of nitrogens with one attached hydrogen (secondary N) is 2. The molecule has 0 amide bonds. The number of nitrogens with zero attached hydrogens (tertiary/aromatic N) is 3. The van der Waals surface area contributed by atoms with Gasteiger partial charge in [0.15, 0.2) is 5.65 Å². The summed E-state index contributed by atoms with van der Waals surface area (Å²) in [5.41, 5.74) is 5.72. The maximum absolute atomic E-state index is 9.85. The van der Waals surface area contributed by atoms with Gasteiger partial charge in [0.05, 0.1) is 36.4 Å². The van der Waals surface area contributed by atoms with Crippen molar-refractivity contribution in [3.05, 3.63) is 41.0 Å². The summed E-state index contributed by atoms with van der Waals surface area (Å²) in [5, 5.41) is 13.6. The lowest BCUT2D eigenvalue weighted by Gasteiger charge is -2.24. The molecule has 2 N–H and O–H groups in total. The fraction of sp³-hybridized carbons (Fsp3) is 0.478. The second-order valence-corrected chi connectivity index (χ2v) is 7.84. The highest BCUT2D eigenvalue weighted by molar-refractivity contribution is 5.86. The first-order valence-corrected chi connectivity index (χ1v) is 10.7. The molecular weight excluding hydrogens is 362 g/mol. The number of morpholine rings is 1. The quantitative estimate of drug-likeness (QED) is 0.606. The van der Waals surface area contributed by atoms with Gasteiger partial charge in [-0.3, -0.25) is 4.40 Å². The highest BCUT2D eigenvalue weighted by Gasteiger charge is 2.20. The van der Waals surface area contributed by atoms with Crippen LogP contribution in [0.25, 0.3) is 16.7 Å². The third kappa shape index (κ3) is 3.81. The molecule has 0 aliphatic carbocycles. The topological polar surface area (TPSA) is 66.8 Å². The molecule has 0 bridgehead atoms. The van der Waals surface area contributed by atoms with Crippen molar-refractivity contribution < 1.29 is 9.64 Å². The Morgan fingerprint density at radius 2 is 2.07 bits per heavy atom. The van der Waals surface area contributed by atoms with Crippen LogP contribution in [0.1, 0.15) is 36.5 Å². The van der Waals surface area contributed by atoms with E-state index < -0.39 is 0 Å². The van der Waals surface area contributed by atoms with Crippen molar-refractivity contribution in [2.45, 2.75) is 33.1 Å². The molecule has 4 rings (SSSR count). The number of aromatic nitrogens is 2. The van der Waals surface area contributed by atoms with Gasteiger partial charge >= 0.3 is 0 Å². The van der Waals surface area contributed by atoms with Gasteiger partial charge in [0, 0.05) is 13.0 Å². The van der Waals surface area contributed by atoms with Crippen molar-refractivity contribution in [2.24, 2.45) is 0 Å². The summed E-state index contributed by atoms with van der Waals surface area (Å²) in [6.45, 7) is 10.3. The molecule has 29 heavy (non-hydrogen) atoms. The Labute approximate surface area is 172 Å². The molecule has 3 aromatic rings. The van der Waals surface area contributed by atoms with Crippen molar-refractivity contribution in [2.75, 3.05) is 44.7 Å². The maximum atomic E-state index is 9.85. The van der Waals surface area contributed by atoms with Crippen LogP contribution in [0, 0.1) is 18.3 Å². The van der Waals surface area contributed by atoms with Crippen LogP contribution < -0.4 is 10.2 Å². The van der Waals surface area contributed by atoms with Gasteiger partial charge in [0.1, 0.15) is 25.0 Å². The lowest BCUT2D eigenvalue weighted by molar-refractivity contribution is -0.908. The van der Waals surface area contributed by atoms with E-state index >= 15 is 0 Å². The van der Waals surface area contributed by atoms with Crippen LogP contribution in [0.2, 0.25) is 0 Å². The summed E-state index contributed by atoms with van der Waals surface area (Å²) in [6.07, 6.45) is 3.09. The predicted octanol–water partition coefficient (Wildman–Crippen LogP) is 2.34. The van der Waals surface area contributed by atoms with Crippen molar-refractivity contribution >= 4 is 22.5 Å². The van der Waals surface area contributed by atoms with Gasteiger partial charge in [-0.05, 0) is 36.6 Å². The number of nitriles is 1. The zero-order valence-electron chi connectivity index (χ0n) is 17.4. The smallest absolute Gasteiger partial charge is 0.157 e. The molecule has 1 saturated heterocycles. The minimum absolute atomic E-state index is 0.688. The molecular formula is C23H30N5O+. The SMILES string of the molecule is CCCc1c(C)c(C#N)c2nc3ccccc3n2c1NCCC[NH+]1CCOCC1. The molecule has 0 atom stereocenters. The minimum Gasteiger partial charge on any atom is -0.371 e. The monoisotopic (exact) mass is 392 g/mol. The van der Waals surface area contributed by atoms with Crippen LogP contribution in [0.4, 0.5) is 5.82 Å². The number of fused-ring (bicyclic) bond motifs is 3. The molecule has 3 heterocycles. The van der Waals surface area contributed by atoms with E-state index in [0.717, 1.165) is 86.7 Å². The van der Waals surface area contributed by atoms with E-state index in [1.807, 2.05) is 18.2 Å². The van der Waals surface area contributed by atoms with E-state index in [1.165, 1.54) is 5.56 Å². The number of benzene rings is 1. The normalized spacial score (nSPS) is 15.1. The van der Waals surface area contributed by atoms with Gasteiger partial charge in [-0.25, -0.2) is 4.98 Å². The summed E-state index contributed by atoms with van der Waals surface area (Å²) in [6, 6.07) is 10.5. The molecule has 6 heteroatoms. The fourth-order valence-electron chi connectivity index (χ4n) is 4.38. The van der Waals surface area contributed by atoms with Gasteiger partial charge in [-0.15, -0.1) is 0 Å². The van der Waals surface area contributed by atoms with E-state index in [-0.39, 0.29) is 0 Å². The molecule has 0 unspecified atom stereocenters. The molecule has 152 valence electrons. The van der Waals surface area contributed by atoms with Crippen molar-refractivity contribution in [3.63, 3.8) is 0 Å². The Morgan fingerprint density at radius 1 is 1.28 bits per heavy atom. The van der Waals surface area contributed by atoms with E-state index in [9.17, 15) is 5.26 Å². The van der Waals surface area contributed by atoms with Crippen molar-refractivity contribution in [1.82, 2.24) is 9.38 Å². The van der Waals surface area contributed by atoms with E-state index in [1.54, 1.807) is 4.90 Å². The molecule has 0 saturated carbocycles. The first-order valence-electron chi connectivity index (χ1n) is 10.7. The maximum Gasteiger partial charge on any atom is 0.157 e. The number of pyridine rings is 1. The zero-order chi connectivity index (χ0) is 20.2. The number of ether oxygens (including phenoxy) is 1. The highest BCUT2D eigenvalue weighted by atomic mass is 16.5. The van der Waals surface area contributed by atoms with Crippen LogP contribution in [0.3, 0.4) is 0 Å². The molecule has 1 aromatic carbocycles. The summed E-state index contributed by atoms with van der Waals surface area (Å²) >= 11 is 0. The van der Waals surface area contributed by atoms with Crippen molar-refractivity contribution in [3.8, 4) is 6.07 Å². The van der Waals surface area contributed by atoms with Gasteiger partial charge < -0.3 is 15.0 Å². The Balaban J connectivity index is 1.70. The van der Waals surface area contributed by atoms with Crippen LogP contribution in [0.5, 0.6) is 0 Å². The fourth-order valence-corrected chi connectivity index (χ4v) is 4.38. The third-order valence-electron chi connectivity index (χ3n) is 5.93. The molecule has 1 fully saturated rings. The molecule has 1 aliphatic rings. The molecule has 0 spiro atoms. The highest BCUT2D eigenvalue weighted by Crippen LogP contribution is 2.31. The van der Waals surface area contributed by atoms with E-state index in [2.05, 4.69) is 35.7 Å². The first kappa shape index (κ1) is 19.7. The second-order valence-electron chi connectivity index (χ2n) is 7.84. The summed E-state index contributed by atoms with van der Waals surface area (Å²) < 4.78 is 7.62. The van der Waals surface area contributed by atoms with E-state index in [0.29, 0.717) is 5.56 Å². The number of quaternary nitrogens is 1.